The Hall–Kier alpha value is -2.80. The lowest BCUT2D eigenvalue weighted by Crippen LogP contribution is -2.44. The number of nitrogens with two attached hydrogens (primary N) is 1. The number of aromatic nitrogens is 4. The molecule has 0 aliphatic heterocycles. The normalized spacial score (nSPS) is 16.7. The van der Waals surface area contributed by atoms with E-state index >= 15 is 0 Å². The van der Waals surface area contributed by atoms with Gasteiger partial charge in [-0.2, -0.15) is 9.97 Å². The zero-order valence-electron chi connectivity index (χ0n) is 23.5. The highest BCUT2D eigenvalue weighted by molar-refractivity contribution is 7.59. The third-order valence-corrected chi connectivity index (χ3v) is 7.74. The first-order valence-electron chi connectivity index (χ1n) is 13.3. The Morgan fingerprint density at radius 3 is 2.38 bits per heavy atom. The predicted molar refractivity (Wildman–Crippen MR) is 147 cm³/mol. The van der Waals surface area contributed by atoms with E-state index in [1.54, 1.807) is 52.4 Å². The van der Waals surface area contributed by atoms with Gasteiger partial charge in [0.05, 0.1) is 25.1 Å². The van der Waals surface area contributed by atoms with Crippen LogP contribution in [0.3, 0.4) is 0 Å². The van der Waals surface area contributed by atoms with Crippen molar-refractivity contribution >= 4 is 42.3 Å². The summed E-state index contributed by atoms with van der Waals surface area (Å²) in [5.74, 6) is -0.376. The van der Waals surface area contributed by atoms with E-state index in [2.05, 4.69) is 30.4 Å². The van der Waals surface area contributed by atoms with Gasteiger partial charge >= 0.3 is 11.9 Å². The molecule has 0 radical (unpaired) electrons. The van der Waals surface area contributed by atoms with E-state index in [4.69, 9.17) is 19.9 Å². The minimum atomic E-state index is -3.63. The first kappa shape index (κ1) is 30.7. The molecule has 2 aromatic heterocycles. The van der Waals surface area contributed by atoms with Gasteiger partial charge in [-0.25, -0.2) is 15.2 Å². The summed E-state index contributed by atoms with van der Waals surface area (Å²) in [6.45, 7) is 10.7. The second-order valence-corrected chi connectivity index (χ2v) is 12.4. The summed E-state index contributed by atoms with van der Waals surface area (Å²) in [5.41, 5.74) is 7.08. The predicted octanol–water partition coefficient (Wildman–Crippen LogP) is 2.40. The first-order chi connectivity index (χ1) is 18.4. The van der Waals surface area contributed by atoms with Gasteiger partial charge in [0.2, 0.25) is 13.4 Å². The minimum absolute atomic E-state index is 0.132. The summed E-state index contributed by atoms with van der Waals surface area (Å²) in [7, 11) is -3.63. The van der Waals surface area contributed by atoms with E-state index in [1.807, 2.05) is 0 Å². The summed E-state index contributed by atoms with van der Waals surface area (Å²) in [6, 6.07) is -1.41. The van der Waals surface area contributed by atoms with Crippen LogP contribution < -0.4 is 21.2 Å². The van der Waals surface area contributed by atoms with E-state index in [1.165, 1.54) is 0 Å². The fraction of sp³-hybridized carbons (Fsp3) is 0.708. The van der Waals surface area contributed by atoms with Crippen molar-refractivity contribution in [3.05, 3.63) is 6.33 Å². The molecule has 3 atom stereocenters. The molecule has 0 saturated heterocycles. The molecular formula is C24H41N8O6P. The number of imidazole rings is 1. The molecule has 39 heavy (non-hydrogen) atoms. The van der Waals surface area contributed by atoms with Crippen LogP contribution in [-0.2, 0) is 34.9 Å². The molecule has 1 aliphatic carbocycles. The zero-order chi connectivity index (χ0) is 28.7. The summed E-state index contributed by atoms with van der Waals surface area (Å²) < 4.78 is 32.0. The molecule has 218 valence electrons. The summed E-state index contributed by atoms with van der Waals surface area (Å²) in [5, 5.41) is 8.98. The Morgan fingerprint density at radius 1 is 1.10 bits per heavy atom. The number of nitrogens with one attached hydrogen (secondary N) is 3. The first-order valence-corrected chi connectivity index (χ1v) is 15.2. The molecule has 2 aromatic rings. The van der Waals surface area contributed by atoms with Crippen LogP contribution in [0.5, 0.6) is 0 Å². The van der Waals surface area contributed by atoms with Crippen LogP contribution in [0.15, 0.2) is 6.33 Å². The average molecular weight is 569 g/mol. The standard InChI is InChI=1S/C24H41N8O6P/c1-7-18(23(34)38-15(4)5)31-39(35,30-16(6)22(33)37-14(2)3)13-36-11-10-32-12-26-19-20(27-17-8-9-17)28-24(25)29-21(19)32/h12,14-18H,7-11,13H2,1-6H3,(H2,30,31,35)(H3,25,27,28,29). The van der Waals surface area contributed by atoms with Gasteiger partial charge < -0.3 is 29.8 Å². The highest BCUT2D eigenvalue weighted by atomic mass is 31.2. The highest BCUT2D eigenvalue weighted by Crippen LogP contribution is 2.38. The summed E-state index contributed by atoms with van der Waals surface area (Å²) >= 11 is 0. The van der Waals surface area contributed by atoms with Gasteiger partial charge in [-0.15, -0.1) is 0 Å². The second kappa shape index (κ2) is 13.5. The van der Waals surface area contributed by atoms with Crippen LogP contribution >= 0.6 is 7.44 Å². The number of fused-ring (bicyclic) bond motifs is 1. The third-order valence-electron chi connectivity index (χ3n) is 5.67. The number of anilines is 2. The Bertz CT molecular complexity index is 1180. The van der Waals surface area contributed by atoms with Gasteiger partial charge in [0.1, 0.15) is 18.4 Å². The molecule has 0 spiro atoms. The molecule has 3 unspecified atom stereocenters. The number of carbonyl (C=O) groups excluding carboxylic acids is 2. The Morgan fingerprint density at radius 2 is 1.77 bits per heavy atom. The fourth-order valence-electron chi connectivity index (χ4n) is 3.69. The lowest BCUT2D eigenvalue weighted by atomic mass is 10.2. The highest BCUT2D eigenvalue weighted by Gasteiger charge is 2.34. The van der Waals surface area contributed by atoms with Gasteiger partial charge in [-0.3, -0.25) is 14.2 Å². The fourth-order valence-corrected chi connectivity index (χ4v) is 5.82. The van der Waals surface area contributed by atoms with Crippen molar-refractivity contribution in [3.63, 3.8) is 0 Å². The average Bonchev–Trinajstić information content (AvgIpc) is 3.57. The monoisotopic (exact) mass is 568 g/mol. The zero-order valence-corrected chi connectivity index (χ0v) is 24.4. The van der Waals surface area contributed by atoms with Gasteiger partial charge in [-0.05, 0) is 53.9 Å². The largest absolute Gasteiger partial charge is 0.462 e. The van der Waals surface area contributed by atoms with E-state index in [0.29, 0.717) is 36.0 Å². The number of hydrogen-bond donors (Lipinski definition) is 4. The van der Waals surface area contributed by atoms with Crippen LogP contribution in [-0.4, -0.2) is 74.7 Å². The molecule has 0 amide bonds. The molecule has 0 bridgehead atoms. The quantitative estimate of drug-likeness (QED) is 0.132. The van der Waals surface area contributed by atoms with E-state index in [9.17, 15) is 14.2 Å². The van der Waals surface area contributed by atoms with Crippen LogP contribution in [0.1, 0.15) is 60.8 Å². The third kappa shape index (κ3) is 9.13. The second-order valence-electron chi connectivity index (χ2n) is 10.1. The number of hydrogen-bond acceptors (Lipinski definition) is 11. The summed E-state index contributed by atoms with van der Waals surface area (Å²) in [4.78, 5) is 38.0. The van der Waals surface area contributed by atoms with E-state index in [0.717, 1.165) is 12.8 Å². The number of nitrogens with zero attached hydrogens (tertiary/aromatic N) is 4. The molecule has 3 rings (SSSR count). The van der Waals surface area contributed by atoms with Crippen molar-refractivity contribution in [2.75, 3.05) is 24.0 Å². The lowest BCUT2D eigenvalue weighted by Gasteiger charge is -2.28. The molecule has 1 aliphatic rings. The Kier molecular flexibility index (Phi) is 10.6. The Balaban J connectivity index is 1.68. The number of ether oxygens (including phenoxy) is 3. The van der Waals surface area contributed by atoms with Crippen molar-refractivity contribution in [2.45, 2.75) is 97.7 Å². The van der Waals surface area contributed by atoms with Crippen molar-refractivity contribution in [2.24, 2.45) is 0 Å². The van der Waals surface area contributed by atoms with Gasteiger partial charge in [0.15, 0.2) is 17.0 Å². The molecule has 1 fully saturated rings. The molecule has 2 heterocycles. The maximum atomic E-state index is 13.9. The topological polar surface area (TPSA) is 185 Å². The number of carbonyl (C=O) groups is 2. The number of esters is 2. The van der Waals surface area contributed by atoms with Crippen molar-refractivity contribution < 1.29 is 28.4 Å². The van der Waals surface area contributed by atoms with Crippen LogP contribution in [0.2, 0.25) is 0 Å². The molecular weight excluding hydrogens is 527 g/mol. The van der Waals surface area contributed by atoms with Gasteiger partial charge in [0, 0.05) is 12.6 Å². The smallest absolute Gasteiger partial charge is 0.323 e. The van der Waals surface area contributed by atoms with Crippen molar-refractivity contribution in [1.29, 1.82) is 0 Å². The SMILES string of the molecule is CCC(NP(=O)(COCCn1cnc2c(NC3CC3)nc(N)nc21)NC(C)C(=O)OC(C)C)C(=O)OC(C)C. The molecule has 5 N–H and O–H groups in total. The van der Waals surface area contributed by atoms with Crippen LogP contribution in [0.25, 0.3) is 11.2 Å². The molecule has 0 aromatic carbocycles. The molecule has 1 saturated carbocycles. The van der Waals surface area contributed by atoms with Gasteiger partial charge in [0.25, 0.3) is 0 Å². The Labute approximate surface area is 228 Å². The van der Waals surface area contributed by atoms with Gasteiger partial charge in [-0.1, -0.05) is 6.92 Å². The van der Waals surface area contributed by atoms with E-state index in [-0.39, 0.29) is 31.1 Å². The number of rotatable bonds is 16. The lowest BCUT2D eigenvalue weighted by molar-refractivity contribution is -0.149. The maximum Gasteiger partial charge on any atom is 0.323 e. The minimum Gasteiger partial charge on any atom is -0.462 e. The summed E-state index contributed by atoms with van der Waals surface area (Å²) in [6.07, 6.45) is 3.12. The van der Waals surface area contributed by atoms with Crippen molar-refractivity contribution in [3.8, 4) is 0 Å². The van der Waals surface area contributed by atoms with Crippen molar-refractivity contribution in [1.82, 2.24) is 29.7 Å². The molecule has 14 nitrogen and oxygen atoms in total. The van der Waals surface area contributed by atoms with Crippen LogP contribution in [0, 0.1) is 0 Å². The maximum absolute atomic E-state index is 13.9. The molecule has 15 heteroatoms. The van der Waals surface area contributed by atoms with Crippen LogP contribution in [0.4, 0.5) is 11.8 Å². The van der Waals surface area contributed by atoms with E-state index < -0.39 is 31.5 Å². The number of nitrogen functional groups attached to an aromatic ring is 1.